The zero-order valence-corrected chi connectivity index (χ0v) is 47.7. The SMILES string of the molecule is c1ccc(-c2ccc(-c3ccccc3C3(c4cccc(-c5ccc(-c6ccc(-n7c8ccccc8c8cc(-c9ccc%10c(c9)c9ccccc9n%10-c9cccc(-c%10ccccc%10)c9)ccc87)cc6)cc5)c4)c4ccccc4-c4ccccc43)cc2)cc1. The van der Waals surface area contributed by atoms with Crippen LogP contribution in [0.25, 0.3) is 133 Å². The van der Waals surface area contributed by atoms with Crippen LogP contribution in [0.2, 0.25) is 0 Å². The summed E-state index contributed by atoms with van der Waals surface area (Å²) in [5, 5.41) is 4.95. The molecule has 0 aliphatic heterocycles. The molecule has 0 N–H and O–H groups in total. The fourth-order valence-corrected chi connectivity index (χ4v) is 14.4. The van der Waals surface area contributed by atoms with E-state index in [0.717, 1.165) is 11.4 Å². The molecule has 0 saturated carbocycles. The lowest BCUT2D eigenvalue weighted by molar-refractivity contribution is 0.771. The number of nitrogens with zero attached hydrogens (tertiary/aromatic N) is 2. The topological polar surface area (TPSA) is 9.86 Å². The van der Waals surface area contributed by atoms with Crippen LogP contribution in [0.4, 0.5) is 0 Å². The molecule has 2 nitrogen and oxygen atoms in total. The predicted molar refractivity (Wildman–Crippen MR) is 365 cm³/mol. The van der Waals surface area contributed by atoms with Gasteiger partial charge in [-0.25, -0.2) is 0 Å². The molecule has 87 heavy (non-hydrogen) atoms. The maximum atomic E-state index is 2.44. The molecule has 2 heterocycles. The van der Waals surface area contributed by atoms with E-state index in [4.69, 9.17) is 0 Å². The average molecular weight is 1110 g/mol. The monoisotopic (exact) mass is 1100 g/mol. The quantitative estimate of drug-likeness (QED) is 0.129. The Hall–Kier alpha value is -11.3. The zero-order chi connectivity index (χ0) is 57.4. The summed E-state index contributed by atoms with van der Waals surface area (Å²) in [6.07, 6.45) is 0. The van der Waals surface area contributed by atoms with E-state index in [1.54, 1.807) is 0 Å². The molecule has 14 aromatic carbocycles. The van der Waals surface area contributed by atoms with Crippen LogP contribution in [0.3, 0.4) is 0 Å². The van der Waals surface area contributed by atoms with Crippen molar-refractivity contribution in [2.24, 2.45) is 0 Å². The van der Waals surface area contributed by atoms with E-state index in [2.05, 4.69) is 349 Å². The van der Waals surface area contributed by atoms with Gasteiger partial charge in [0.05, 0.1) is 27.5 Å². The minimum Gasteiger partial charge on any atom is -0.309 e. The van der Waals surface area contributed by atoms with E-state index in [0.29, 0.717) is 0 Å². The van der Waals surface area contributed by atoms with E-state index in [1.807, 2.05) is 0 Å². The number of aromatic nitrogens is 2. The van der Waals surface area contributed by atoms with Crippen molar-refractivity contribution >= 4 is 43.6 Å². The van der Waals surface area contributed by atoms with Crippen LogP contribution < -0.4 is 0 Å². The van der Waals surface area contributed by atoms with Gasteiger partial charge in [0.15, 0.2) is 0 Å². The second-order valence-electron chi connectivity index (χ2n) is 23.1. The van der Waals surface area contributed by atoms with Crippen LogP contribution in [0.1, 0.15) is 22.3 Å². The molecule has 406 valence electrons. The maximum absolute atomic E-state index is 2.44. The third kappa shape index (κ3) is 8.17. The number of rotatable bonds is 10. The molecule has 0 unspecified atom stereocenters. The molecule has 0 atom stereocenters. The summed E-state index contributed by atoms with van der Waals surface area (Å²) in [4.78, 5) is 0. The van der Waals surface area contributed by atoms with Crippen molar-refractivity contribution in [1.29, 1.82) is 0 Å². The van der Waals surface area contributed by atoms with Crippen LogP contribution >= 0.6 is 0 Å². The van der Waals surface area contributed by atoms with E-state index in [1.165, 1.54) is 144 Å². The summed E-state index contributed by atoms with van der Waals surface area (Å²) in [7, 11) is 0. The highest BCUT2D eigenvalue weighted by molar-refractivity contribution is 6.13. The largest absolute Gasteiger partial charge is 0.309 e. The lowest BCUT2D eigenvalue weighted by Crippen LogP contribution is -2.29. The molecule has 17 rings (SSSR count). The third-order valence-corrected chi connectivity index (χ3v) is 18.4. The highest BCUT2D eigenvalue weighted by Gasteiger charge is 2.47. The van der Waals surface area contributed by atoms with Crippen molar-refractivity contribution in [3.63, 3.8) is 0 Å². The first-order valence-corrected chi connectivity index (χ1v) is 30.1. The van der Waals surface area contributed by atoms with Gasteiger partial charge in [-0.15, -0.1) is 0 Å². The van der Waals surface area contributed by atoms with Crippen LogP contribution in [0, 0.1) is 0 Å². The Morgan fingerprint density at radius 1 is 0.184 bits per heavy atom. The van der Waals surface area contributed by atoms with Gasteiger partial charge in [0.25, 0.3) is 0 Å². The summed E-state index contributed by atoms with van der Waals surface area (Å²) in [6, 6.07) is 126. The molecule has 0 spiro atoms. The van der Waals surface area contributed by atoms with Gasteiger partial charge in [0.1, 0.15) is 0 Å². The van der Waals surface area contributed by atoms with Crippen molar-refractivity contribution in [3.05, 3.63) is 362 Å². The number of fused-ring (bicyclic) bond motifs is 9. The Balaban J connectivity index is 0.695. The van der Waals surface area contributed by atoms with E-state index >= 15 is 0 Å². The molecule has 2 heteroatoms. The van der Waals surface area contributed by atoms with Crippen molar-refractivity contribution in [2.75, 3.05) is 0 Å². The van der Waals surface area contributed by atoms with Gasteiger partial charge >= 0.3 is 0 Å². The third-order valence-electron chi connectivity index (χ3n) is 18.4. The maximum Gasteiger partial charge on any atom is 0.0719 e. The van der Waals surface area contributed by atoms with Gasteiger partial charge in [-0.3, -0.25) is 0 Å². The van der Waals surface area contributed by atoms with Gasteiger partial charge in [-0.05, 0) is 167 Å². The molecule has 1 aliphatic rings. The lowest BCUT2D eigenvalue weighted by atomic mass is 9.65. The molecule has 0 saturated heterocycles. The van der Waals surface area contributed by atoms with Crippen molar-refractivity contribution in [3.8, 4) is 89.3 Å². The summed E-state index contributed by atoms with van der Waals surface area (Å²) in [5.41, 5.74) is 28.5. The molecule has 2 aromatic heterocycles. The first kappa shape index (κ1) is 50.2. The molecule has 1 aliphatic carbocycles. The van der Waals surface area contributed by atoms with E-state index < -0.39 is 5.41 Å². The zero-order valence-electron chi connectivity index (χ0n) is 47.7. The fourth-order valence-electron chi connectivity index (χ4n) is 14.4. The Bertz CT molecular complexity index is 5250. The first-order chi connectivity index (χ1) is 43.1. The van der Waals surface area contributed by atoms with Crippen LogP contribution in [0.15, 0.2) is 340 Å². The Kier molecular flexibility index (Phi) is 11.8. The predicted octanol–water partition coefficient (Wildman–Crippen LogP) is 22.2. The second-order valence-corrected chi connectivity index (χ2v) is 23.1. The summed E-state index contributed by atoms with van der Waals surface area (Å²) >= 11 is 0. The molecular weight excluding hydrogens is 1050 g/mol. The minimum absolute atomic E-state index is 0.575. The molecular formula is C85H56N2. The summed E-state index contributed by atoms with van der Waals surface area (Å²) in [6.45, 7) is 0. The number of hydrogen-bond acceptors (Lipinski definition) is 0. The molecule has 0 amide bonds. The Morgan fingerprint density at radius 3 is 1.08 bits per heavy atom. The number of hydrogen-bond donors (Lipinski definition) is 0. The van der Waals surface area contributed by atoms with E-state index in [-0.39, 0.29) is 0 Å². The molecule has 0 bridgehead atoms. The molecule has 16 aromatic rings. The van der Waals surface area contributed by atoms with Gasteiger partial charge < -0.3 is 9.13 Å². The average Bonchev–Trinajstić information content (AvgIpc) is 1.64. The van der Waals surface area contributed by atoms with Gasteiger partial charge in [-0.1, -0.05) is 273 Å². The van der Waals surface area contributed by atoms with Crippen LogP contribution in [0.5, 0.6) is 0 Å². The number of benzene rings is 14. The first-order valence-electron chi connectivity index (χ1n) is 30.1. The Labute approximate surface area is 506 Å². The lowest BCUT2D eigenvalue weighted by Gasteiger charge is -2.36. The van der Waals surface area contributed by atoms with Gasteiger partial charge in [-0.2, -0.15) is 0 Å². The molecule has 0 fully saturated rings. The number of para-hydroxylation sites is 2. The second kappa shape index (κ2) is 20.5. The van der Waals surface area contributed by atoms with Gasteiger partial charge in [0, 0.05) is 32.9 Å². The Morgan fingerprint density at radius 2 is 0.529 bits per heavy atom. The fraction of sp³-hybridized carbons (Fsp3) is 0.0118. The standard InChI is InChI=1S/C85H56N2/c1-3-19-57(20-4-1)59-41-43-63(44-42-59)71-27-7-12-32-78(71)85(79-33-13-8-28-72(79)73-29-9-14-34-80(73)85)68-25-17-23-64(53-68)62-39-37-60(38-40-62)61-45-49-69(50-46-61)86-81-35-15-10-30-74(81)76-55-66(47-51-83(76)86)67-48-52-84-77(56-67)75-31-11-16-36-82(75)87(84)70-26-18-24-65(54-70)58-21-5-2-6-22-58/h1-56H. The summed E-state index contributed by atoms with van der Waals surface area (Å²) in [5.74, 6) is 0. The highest BCUT2D eigenvalue weighted by Crippen LogP contribution is 2.58. The smallest absolute Gasteiger partial charge is 0.0719 e. The van der Waals surface area contributed by atoms with Gasteiger partial charge in [0.2, 0.25) is 0 Å². The minimum atomic E-state index is -0.575. The van der Waals surface area contributed by atoms with Crippen LogP contribution in [-0.2, 0) is 5.41 Å². The molecule has 0 radical (unpaired) electrons. The normalized spacial score (nSPS) is 12.5. The summed E-state index contributed by atoms with van der Waals surface area (Å²) < 4.78 is 4.83. The van der Waals surface area contributed by atoms with E-state index in [9.17, 15) is 0 Å². The van der Waals surface area contributed by atoms with Crippen molar-refractivity contribution in [2.45, 2.75) is 5.41 Å². The van der Waals surface area contributed by atoms with Crippen molar-refractivity contribution < 1.29 is 0 Å². The highest BCUT2D eigenvalue weighted by atomic mass is 15.0. The van der Waals surface area contributed by atoms with Crippen LogP contribution in [-0.4, -0.2) is 9.13 Å². The van der Waals surface area contributed by atoms with Crippen molar-refractivity contribution in [1.82, 2.24) is 9.13 Å².